The third-order valence-electron chi connectivity index (χ3n) is 3.23. The van der Waals surface area contributed by atoms with Crippen molar-refractivity contribution in [3.05, 3.63) is 69.3 Å². The molecule has 136 valence electrons. The number of non-ortho nitro benzene ring substituents is 1. The fourth-order valence-electron chi connectivity index (χ4n) is 2.02. The number of alkyl halides is 3. The first-order valence-corrected chi connectivity index (χ1v) is 7.12. The van der Waals surface area contributed by atoms with E-state index in [9.17, 15) is 33.2 Å². The van der Waals surface area contributed by atoms with Gasteiger partial charge in [0.2, 0.25) is 5.91 Å². The number of carbonyl (C=O) groups is 1. The smallest absolute Gasteiger partial charge is 0.416 e. The minimum atomic E-state index is -4.51. The largest absolute Gasteiger partial charge is 0.507 e. The lowest BCUT2D eigenvalue weighted by molar-refractivity contribution is -0.384. The zero-order valence-corrected chi connectivity index (χ0v) is 13.0. The van der Waals surface area contributed by atoms with Crippen LogP contribution in [0.3, 0.4) is 0 Å². The molecule has 0 unspecified atom stereocenters. The van der Waals surface area contributed by atoms with Crippen LogP contribution in [-0.2, 0) is 17.4 Å². The fourth-order valence-corrected chi connectivity index (χ4v) is 2.02. The van der Waals surface area contributed by atoms with E-state index in [0.29, 0.717) is 0 Å². The summed E-state index contributed by atoms with van der Waals surface area (Å²) >= 11 is 0. The van der Waals surface area contributed by atoms with Crippen LogP contribution in [0.5, 0.6) is 5.75 Å². The van der Waals surface area contributed by atoms with Crippen LogP contribution in [-0.4, -0.2) is 22.2 Å². The zero-order valence-electron chi connectivity index (χ0n) is 13.0. The molecule has 0 atom stereocenters. The molecule has 7 nitrogen and oxygen atoms in total. The predicted octanol–water partition coefficient (Wildman–Crippen LogP) is 3.01. The molecule has 0 aliphatic carbocycles. The third kappa shape index (κ3) is 5.03. The lowest BCUT2D eigenvalue weighted by Crippen LogP contribution is -2.20. The SMILES string of the molecule is O=C(Cc1cccc(C(F)(F)F)c1)N/N=C/c1cc([N+](=O)[O-])ccc1O. The van der Waals surface area contributed by atoms with E-state index in [-0.39, 0.29) is 29.0 Å². The highest BCUT2D eigenvalue weighted by atomic mass is 19.4. The van der Waals surface area contributed by atoms with Gasteiger partial charge in [-0.1, -0.05) is 18.2 Å². The molecule has 0 saturated carbocycles. The summed E-state index contributed by atoms with van der Waals surface area (Å²) in [5.41, 5.74) is 1.08. The van der Waals surface area contributed by atoms with Crippen molar-refractivity contribution in [2.24, 2.45) is 5.10 Å². The number of aromatic hydroxyl groups is 1. The summed E-state index contributed by atoms with van der Waals surface area (Å²) in [6.07, 6.45) is -3.86. The van der Waals surface area contributed by atoms with Crippen LogP contribution in [0.25, 0.3) is 0 Å². The maximum Gasteiger partial charge on any atom is 0.416 e. The normalized spacial score (nSPS) is 11.5. The maximum atomic E-state index is 12.6. The van der Waals surface area contributed by atoms with Crippen molar-refractivity contribution in [2.45, 2.75) is 12.6 Å². The van der Waals surface area contributed by atoms with Gasteiger partial charge in [-0.05, 0) is 17.7 Å². The summed E-state index contributed by atoms with van der Waals surface area (Å²) in [6.45, 7) is 0. The quantitative estimate of drug-likeness (QED) is 0.481. The molecule has 0 aliphatic rings. The number of nitrogens with one attached hydrogen (secondary N) is 1. The first-order chi connectivity index (χ1) is 12.2. The molecule has 26 heavy (non-hydrogen) atoms. The number of nitrogens with zero attached hydrogens (tertiary/aromatic N) is 2. The number of rotatable bonds is 5. The van der Waals surface area contributed by atoms with Crippen LogP contribution < -0.4 is 5.43 Å². The lowest BCUT2D eigenvalue weighted by Gasteiger charge is -2.08. The van der Waals surface area contributed by atoms with E-state index in [1.54, 1.807) is 0 Å². The maximum absolute atomic E-state index is 12.6. The first-order valence-electron chi connectivity index (χ1n) is 7.12. The molecule has 1 amide bonds. The first kappa shape index (κ1) is 18.9. The summed E-state index contributed by atoms with van der Waals surface area (Å²) in [6, 6.07) is 7.56. The average molecular weight is 367 g/mol. The molecule has 0 heterocycles. The van der Waals surface area contributed by atoms with Crippen LogP contribution in [0.15, 0.2) is 47.6 Å². The number of nitro groups is 1. The van der Waals surface area contributed by atoms with Crippen molar-refractivity contribution >= 4 is 17.8 Å². The highest BCUT2D eigenvalue weighted by molar-refractivity contribution is 5.86. The Bertz CT molecular complexity index is 866. The number of phenols is 1. The number of hydrazone groups is 1. The number of carbonyl (C=O) groups excluding carboxylic acids is 1. The second kappa shape index (κ2) is 7.64. The van der Waals surface area contributed by atoms with Crippen molar-refractivity contribution in [3.8, 4) is 5.75 Å². The Morgan fingerprint density at radius 2 is 2.00 bits per heavy atom. The molecular weight excluding hydrogens is 355 g/mol. The van der Waals surface area contributed by atoms with Crippen LogP contribution >= 0.6 is 0 Å². The van der Waals surface area contributed by atoms with Crippen molar-refractivity contribution in [3.63, 3.8) is 0 Å². The second-order valence-electron chi connectivity index (χ2n) is 5.17. The Morgan fingerprint density at radius 1 is 1.27 bits per heavy atom. The van der Waals surface area contributed by atoms with Crippen LogP contribution in [0.2, 0.25) is 0 Å². The van der Waals surface area contributed by atoms with E-state index >= 15 is 0 Å². The number of hydrogen-bond donors (Lipinski definition) is 2. The van der Waals surface area contributed by atoms with Crippen LogP contribution in [0.1, 0.15) is 16.7 Å². The fraction of sp³-hybridized carbons (Fsp3) is 0.125. The molecular formula is C16H12F3N3O4. The van der Waals surface area contributed by atoms with Gasteiger partial charge in [-0.15, -0.1) is 0 Å². The minimum absolute atomic E-state index is 0.00133. The van der Waals surface area contributed by atoms with E-state index in [0.717, 1.165) is 36.5 Å². The Hall–Kier alpha value is -3.43. The minimum Gasteiger partial charge on any atom is -0.507 e. The van der Waals surface area contributed by atoms with Crippen molar-refractivity contribution in [1.29, 1.82) is 0 Å². The number of phenolic OH excluding ortho intramolecular Hbond substituents is 1. The molecule has 0 bridgehead atoms. The molecule has 0 aromatic heterocycles. The second-order valence-corrected chi connectivity index (χ2v) is 5.17. The Balaban J connectivity index is 2.02. The van der Waals surface area contributed by atoms with E-state index in [1.807, 2.05) is 0 Å². The summed E-state index contributed by atoms with van der Waals surface area (Å²) in [4.78, 5) is 21.8. The van der Waals surface area contributed by atoms with E-state index < -0.39 is 22.6 Å². The van der Waals surface area contributed by atoms with Gasteiger partial charge >= 0.3 is 6.18 Å². The van der Waals surface area contributed by atoms with Crippen molar-refractivity contribution < 1.29 is 28.0 Å². The molecule has 10 heteroatoms. The Kier molecular flexibility index (Phi) is 5.55. The molecule has 2 rings (SSSR count). The Labute approximate surface area is 144 Å². The molecule has 2 aromatic rings. The third-order valence-corrected chi connectivity index (χ3v) is 3.23. The van der Waals surface area contributed by atoms with Gasteiger partial charge in [-0.2, -0.15) is 18.3 Å². The van der Waals surface area contributed by atoms with E-state index in [1.165, 1.54) is 12.1 Å². The van der Waals surface area contributed by atoms with E-state index in [2.05, 4.69) is 10.5 Å². The van der Waals surface area contributed by atoms with Gasteiger partial charge in [0.05, 0.1) is 23.1 Å². The standard InChI is InChI=1S/C16H12F3N3O4/c17-16(18,19)12-3-1-2-10(6-12)7-15(24)21-20-9-11-8-13(22(25)26)4-5-14(11)23/h1-6,8-9,23H,7H2,(H,21,24)/b20-9+. The molecule has 0 aliphatic heterocycles. The van der Waals surface area contributed by atoms with Crippen LogP contribution in [0, 0.1) is 10.1 Å². The number of benzene rings is 2. The Morgan fingerprint density at radius 3 is 2.65 bits per heavy atom. The summed E-state index contributed by atoms with van der Waals surface area (Å²) in [5, 5.41) is 23.8. The number of hydrogen-bond acceptors (Lipinski definition) is 5. The zero-order chi connectivity index (χ0) is 19.3. The summed E-state index contributed by atoms with van der Waals surface area (Å²) in [5.74, 6) is -0.975. The van der Waals surface area contributed by atoms with Gasteiger partial charge < -0.3 is 5.11 Å². The van der Waals surface area contributed by atoms with Gasteiger partial charge in [0.25, 0.3) is 5.69 Å². The molecule has 0 fully saturated rings. The molecule has 0 radical (unpaired) electrons. The average Bonchev–Trinajstić information content (AvgIpc) is 2.55. The lowest BCUT2D eigenvalue weighted by atomic mass is 10.1. The molecule has 0 spiro atoms. The molecule has 0 saturated heterocycles. The number of amides is 1. The number of nitro benzene ring substituents is 1. The van der Waals surface area contributed by atoms with Crippen molar-refractivity contribution in [2.75, 3.05) is 0 Å². The van der Waals surface area contributed by atoms with Gasteiger partial charge in [0, 0.05) is 17.7 Å². The van der Waals surface area contributed by atoms with Gasteiger partial charge in [-0.25, -0.2) is 5.43 Å². The van der Waals surface area contributed by atoms with Gasteiger partial charge in [0.15, 0.2) is 0 Å². The molecule has 2 N–H and O–H groups in total. The van der Waals surface area contributed by atoms with Crippen molar-refractivity contribution in [1.82, 2.24) is 5.43 Å². The topological polar surface area (TPSA) is 105 Å². The summed E-state index contributed by atoms with van der Waals surface area (Å²) in [7, 11) is 0. The number of halogens is 3. The highest BCUT2D eigenvalue weighted by Crippen LogP contribution is 2.29. The van der Waals surface area contributed by atoms with E-state index in [4.69, 9.17) is 0 Å². The predicted molar refractivity (Wildman–Crippen MR) is 85.6 cm³/mol. The monoisotopic (exact) mass is 367 g/mol. The van der Waals surface area contributed by atoms with Crippen LogP contribution in [0.4, 0.5) is 18.9 Å². The summed E-state index contributed by atoms with van der Waals surface area (Å²) < 4.78 is 37.9. The molecule has 2 aromatic carbocycles. The van der Waals surface area contributed by atoms with Gasteiger partial charge in [-0.3, -0.25) is 14.9 Å². The van der Waals surface area contributed by atoms with Gasteiger partial charge in [0.1, 0.15) is 5.75 Å². The highest BCUT2D eigenvalue weighted by Gasteiger charge is 2.30.